The molecule has 0 atom stereocenters. The van der Waals surface area contributed by atoms with E-state index in [1.807, 2.05) is 44.2 Å². The Labute approximate surface area is 168 Å². The molecule has 0 aliphatic carbocycles. The minimum absolute atomic E-state index is 0.105. The molecule has 1 heterocycles. The van der Waals surface area contributed by atoms with Gasteiger partial charge in [-0.25, -0.2) is 4.98 Å². The molecule has 1 aromatic heterocycles. The zero-order valence-corrected chi connectivity index (χ0v) is 17.6. The van der Waals surface area contributed by atoms with Gasteiger partial charge in [-0.05, 0) is 56.6 Å². The van der Waals surface area contributed by atoms with E-state index in [-0.39, 0.29) is 6.10 Å². The molecular formula is C21H26BrN3O2. The van der Waals surface area contributed by atoms with Gasteiger partial charge in [-0.15, -0.1) is 0 Å². The molecule has 0 unspecified atom stereocenters. The Bertz CT molecular complexity index is 859. The number of imidazole rings is 1. The molecule has 0 radical (unpaired) electrons. The molecule has 0 saturated heterocycles. The van der Waals surface area contributed by atoms with Crippen molar-refractivity contribution in [2.45, 2.75) is 39.3 Å². The largest absolute Gasteiger partial charge is 0.493 e. The van der Waals surface area contributed by atoms with E-state index in [1.165, 1.54) is 0 Å². The number of aromatic nitrogens is 2. The highest BCUT2D eigenvalue weighted by Crippen LogP contribution is 2.34. The van der Waals surface area contributed by atoms with E-state index in [4.69, 9.17) is 9.47 Å². The fraction of sp³-hybridized carbons (Fsp3) is 0.381. The fourth-order valence-corrected chi connectivity index (χ4v) is 3.41. The van der Waals surface area contributed by atoms with Crippen molar-refractivity contribution >= 4 is 27.0 Å². The van der Waals surface area contributed by atoms with Crippen LogP contribution in [0.3, 0.4) is 0 Å². The third-order valence-electron chi connectivity index (χ3n) is 4.22. The molecule has 5 nitrogen and oxygen atoms in total. The van der Waals surface area contributed by atoms with E-state index in [0.717, 1.165) is 64.3 Å². The van der Waals surface area contributed by atoms with Crippen LogP contribution >= 0.6 is 15.9 Å². The summed E-state index contributed by atoms with van der Waals surface area (Å²) < 4.78 is 12.3. The zero-order valence-electron chi connectivity index (χ0n) is 16.0. The smallest absolute Gasteiger partial charge is 0.162 e. The van der Waals surface area contributed by atoms with Crippen molar-refractivity contribution in [1.29, 1.82) is 0 Å². The molecule has 0 fully saturated rings. The number of para-hydroxylation sites is 2. The monoisotopic (exact) mass is 431 g/mol. The number of methoxy groups -OCH3 is 1. The van der Waals surface area contributed by atoms with E-state index < -0.39 is 0 Å². The Hall–Kier alpha value is -2.05. The van der Waals surface area contributed by atoms with Crippen LogP contribution in [0.15, 0.2) is 40.9 Å². The van der Waals surface area contributed by atoms with Crippen molar-refractivity contribution in [3.8, 4) is 11.5 Å². The molecular weight excluding hydrogens is 406 g/mol. The van der Waals surface area contributed by atoms with E-state index in [9.17, 15) is 0 Å². The summed E-state index contributed by atoms with van der Waals surface area (Å²) in [7, 11) is 1.67. The van der Waals surface area contributed by atoms with Crippen molar-refractivity contribution in [2.75, 3.05) is 13.7 Å². The number of H-pyrrole nitrogens is 1. The third kappa shape index (κ3) is 5.23. The summed E-state index contributed by atoms with van der Waals surface area (Å²) >= 11 is 3.64. The zero-order chi connectivity index (χ0) is 19.2. The van der Waals surface area contributed by atoms with Crippen LogP contribution in [0.25, 0.3) is 11.0 Å². The standard InChI is InChI=1S/C21H26BrN3O2/c1-14(2)27-20-12-16(22)15(11-19(20)26-3)13-23-10-6-9-21-24-17-7-4-5-8-18(17)25-21/h4-5,7-8,11-12,14,23H,6,9-10,13H2,1-3H3,(H,24,25). The van der Waals surface area contributed by atoms with Gasteiger partial charge in [-0.1, -0.05) is 28.1 Å². The quantitative estimate of drug-likeness (QED) is 0.475. The van der Waals surface area contributed by atoms with Gasteiger partial charge >= 0.3 is 0 Å². The molecule has 3 rings (SSSR count). The number of hydrogen-bond acceptors (Lipinski definition) is 4. The average Bonchev–Trinajstić information content (AvgIpc) is 3.05. The first-order chi connectivity index (χ1) is 13.1. The van der Waals surface area contributed by atoms with Gasteiger partial charge < -0.3 is 19.8 Å². The van der Waals surface area contributed by atoms with Crippen molar-refractivity contribution in [1.82, 2.24) is 15.3 Å². The highest BCUT2D eigenvalue weighted by Gasteiger charge is 2.11. The number of aryl methyl sites for hydroxylation is 1. The van der Waals surface area contributed by atoms with E-state index in [0.29, 0.717) is 0 Å². The van der Waals surface area contributed by atoms with Gasteiger partial charge in [-0.3, -0.25) is 0 Å². The maximum Gasteiger partial charge on any atom is 0.162 e. The average molecular weight is 432 g/mol. The van der Waals surface area contributed by atoms with E-state index in [2.05, 4.69) is 37.3 Å². The van der Waals surface area contributed by atoms with Crippen LogP contribution in [0.2, 0.25) is 0 Å². The van der Waals surface area contributed by atoms with Crippen LogP contribution in [0, 0.1) is 0 Å². The van der Waals surface area contributed by atoms with E-state index in [1.54, 1.807) is 7.11 Å². The molecule has 2 N–H and O–H groups in total. The van der Waals surface area contributed by atoms with Crippen LogP contribution < -0.4 is 14.8 Å². The maximum atomic E-state index is 5.80. The second kappa shape index (κ2) is 9.24. The molecule has 2 aromatic carbocycles. The Balaban J connectivity index is 1.51. The van der Waals surface area contributed by atoms with Crippen LogP contribution in [-0.4, -0.2) is 29.7 Å². The highest BCUT2D eigenvalue weighted by molar-refractivity contribution is 9.10. The van der Waals surface area contributed by atoms with Crippen LogP contribution in [0.4, 0.5) is 0 Å². The minimum Gasteiger partial charge on any atom is -0.493 e. The van der Waals surface area contributed by atoms with Gasteiger partial charge in [-0.2, -0.15) is 0 Å². The molecule has 0 spiro atoms. The Morgan fingerprint density at radius 3 is 2.74 bits per heavy atom. The third-order valence-corrected chi connectivity index (χ3v) is 4.95. The number of nitrogens with one attached hydrogen (secondary N) is 2. The van der Waals surface area contributed by atoms with Gasteiger partial charge in [0.25, 0.3) is 0 Å². The highest BCUT2D eigenvalue weighted by atomic mass is 79.9. The maximum absolute atomic E-state index is 5.80. The van der Waals surface area contributed by atoms with Crippen LogP contribution in [-0.2, 0) is 13.0 Å². The number of benzene rings is 2. The molecule has 6 heteroatoms. The van der Waals surface area contributed by atoms with Crippen molar-refractivity contribution in [3.05, 3.63) is 52.3 Å². The van der Waals surface area contributed by atoms with Crippen molar-refractivity contribution in [2.24, 2.45) is 0 Å². The number of ether oxygens (including phenoxy) is 2. The molecule has 144 valence electrons. The lowest BCUT2D eigenvalue weighted by Gasteiger charge is -2.16. The number of rotatable bonds is 9. The molecule has 0 aliphatic rings. The number of hydrogen-bond donors (Lipinski definition) is 2. The Kier molecular flexibility index (Phi) is 6.74. The van der Waals surface area contributed by atoms with Crippen molar-refractivity contribution in [3.63, 3.8) is 0 Å². The number of aromatic amines is 1. The summed E-state index contributed by atoms with van der Waals surface area (Å²) in [6, 6.07) is 12.1. The summed E-state index contributed by atoms with van der Waals surface area (Å²) in [5, 5.41) is 3.49. The molecule has 0 bridgehead atoms. The first-order valence-electron chi connectivity index (χ1n) is 9.24. The van der Waals surface area contributed by atoms with Gasteiger partial charge in [0, 0.05) is 17.4 Å². The summed E-state index contributed by atoms with van der Waals surface area (Å²) in [4.78, 5) is 7.99. The van der Waals surface area contributed by atoms with Gasteiger partial charge in [0.1, 0.15) is 5.82 Å². The summed E-state index contributed by atoms with van der Waals surface area (Å²) in [5.74, 6) is 2.55. The Morgan fingerprint density at radius 1 is 1.19 bits per heavy atom. The molecule has 3 aromatic rings. The predicted octanol–water partition coefficient (Wildman–Crippen LogP) is 4.84. The minimum atomic E-state index is 0.105. The van der Waals surface area contributed by atoms with Gasteiger partial charge in [0.15, 0.2) is 11.5 Å². The van der Waals surface area contributed by atoms with E-state index >= 15 is 0 Å². The van der Waals surface area contributed by atoms with Crippen LogP contribution in [0.5, 0.6) is 11.5 Å². The topological polar surface area (TPSA) is 59.2 Å². The normalized spacial score (nSPS) is 11.3. The second-order valence-electron chi connectivity index (χ2n) is 6.74. The lowest BCUT2D eigenvalue weighted by molar-refractivity contribution is 0.230. The summed E-state index contributed by atoms with van der Waals surface area (Å²) in [5.41, 5.74) is 3.27. The van der Waals surface area contributed by atoms with Crippen molar-refractivity contribution < 1.29 is 9.47 Å². The first kappa shape index (κ1) is 19.7. The van der Waals surface area contributed by atoms with Gasteiger partial charge in [0.2, 0.25) is 0 Å². The fourth-order valence-electron chi connectivity index (χ4n) is 2.95. The number of halogens is 1. The molecule has 0 amide bonds. The lowest BCUT2D eigenvalue weighted by Crippen LogP contribution is -2.16. The van der Waals surface area contributed by atoms with Gasteiger partial charge in [0.05, 0.1) is 24.2 Å². The first-order valence-corrected chi connectivity index (χ1v) is 10.0. The number of fused-ring (bicyclic) bond motifs is 1. The lowest BCUT2D eigenvalue weighted by atomic mass is 10.2. The SMILES string of the molecule is COc1cc(CNCCCc2nc3ccccc3[nH]2)c(Br)cc1OC(C)C. The Morgan fingerprint density at radius 2 is 2.00 bits per heavy atom. The van der Waals surface area contributed by atoms with Crippen LogP contribution in [0.1, 0.15) is 31.7 Å². The predicted molar refractivity (Wildman–Crippen MR) is 113 cm³/mol. The molecule has 0 aliphatic heterocycles. The second-order valence-corrected chi connectivity index (χ2v) is 7.60. The number of nitrogens with zero attached hydrogens (tertiary/aromatic N) is 1. The summed E-state index contributed by atoms with van der Waals surface area (Å²) in [6.07, 6.45) is 2.05. The summed E-state index contributed by atoms with van der Waals surface area (Å²) in [6.45, 7) is 5.69. The molecule has 0 saturated carbocycles. The molecule has 27 heavy (non-hydrogen) atoms.